The molecule has 0 bridgehead atoms. The molecular formula is C25H39N7O4. The van der Waals surface area contributed by atoms with Gasteiger partial charge in [-0.2, -0.15) is 15.0 Å². The Bertz CT molecular complexity index is 965. The average Bonchev–Trinajstić information content (AvgIpc) is 2.93. The molecule has 0 saturated carbocycles. The molecule has 1 aromatic heterocycles. The third-order valence-corrected chi connectivity index (χ3v) is 6.89. The summed E-state index contributed by atoms with van der Waals surface area (Å²) in [4.78, 5) is 21.4. The van der Waals surface area contributed by atoms with Crippen LogP contribution in [0, 0.1) is 0 Å². The van der Waals surface area contributed by atoms with Gasteiger partial charge in [0.2, 0.25) is 23.6 Å². The lowest BCUT2D eigenvalue weighted by Crippen LogP contribution is -2.49. The van der Waals surface area contributed by atoms with E-state index >= 15 is 0 Å². The van der Waals surface area contributed by atoms with Crippen LogP contribution in [0.2, 0.25) is 0 Å². The molecule has 2 fully saturated rings. The van der Waals surface area contributed by atoms with E-state index < -0.39 is 0 Å². The summed E-state index contributed by atoms with van der Waals surface area (Å²) in [5, 5.41) is 3.33. The molecule has 11 heteroatoms. The summed E-state index contributed by atoms with van der Waals surface area (Å²) in [7, 11) is 4.78. The van der Waals surface area contributed by atoms with Crippen molar-refractivity contribution in [1.29, 1.82) is 0 Å². The average molecular weight is 502 g/mol. The van der Waals surface area contributed by atoms with Gasteiger partial charge in [-0.15, -0.1) is 0 Å². The number of nitrogens with zero attached hydrogens (tertiary/aromatic N) is 6. The molecule has 2 aliphatic rings. The third kappa shape index (κ3) is 5.84. The van der Waals surface area contributed by atoms with Crippen LogP contribution in [0.15, 0.2) is 12.1 Å². The lowest BCUT2D eigenvalue weighted by atomic mass is 10.0. The van der Waals surface area contributed by atoms with Crippen molar-refractivity contribution < 1.29 is 18.9 Å². The molecule has 0 spiro atoms. The molecule has 1 N–H and O–H groups in total. The molecule has 4 rings (SSSR count). The Labute approximate surface area is 213 Å². The van der Waals surface area contributed by atoms with Crippen LogP contribution < -0.4 is 29.3 Å². The quantitative estimate of drug-likeness (QED) is 0.520. The van der Waals surface area contributed by atoms with Gasteiger partial charge in [0.05, 0.1) is 34.5 Å². The molecule has 0 unspecified atom stereocenters. The highest BCUT2D eigenvalue weighted by Gasteiger charge is 2.28. The van der Waals surface area contributed by atoms with Gasteiger partial charge < -0.3 is 34.1 Å². The Morgan fingerprint density at radius 1 is 0.917 bits per heavy atom. The van der Waals surface area contributed by atoms with Gasteiger partial charge in [0.1, 0.15) is 0 Å². The van der Waals surface area contributed by atoms with Gasteiger partial charge in [-0.25, -0.2) is 0 Å². The van der Waals surface area contributed by atoms with Crippen molar-refractivity contribution in [3.63, 3.8) is 0 Å². The summed E-state index contributed by atoms with van der Waals surface area (Å²) in [6, 6.07) is 4.27. The lowest BCUT2D eigenvalue weighted by molar-refractivity contribution is 0.0114. The maximum Gasteiger partial charge on any atom is 0.233 e. The molecule has 2 saturated heterocycles. The first-order chi connectivity index (χ1) is 17.6. The third-order valence-electron chi connectivity index (χ3n) is 6.89. The fraction of sp³-hybridized carbons (Fsp3) is 0.640. The number of piperidine rings is 1. The number of methoxy groups -OCH3 is 3. The van der Waals surface area contributed by atoms with Crippen molar-refractivity contribution in [1.82, 2.24) is 19.9 Å². The summed E-state index contributed by atoms with van der Waals surface area (Å²) in [6.45, 7) is 11.3. The molecule has 0 aliphatic carbocycles. The molecule has 0 amide bonds. The van der Waals surface area contributed by atoms with E-state index in [9.17, 15) is 0 Å². The summed E-state index contributed by atoms with van der Waals surface area (Å²) < 4.78 is 22.0. The predicted molar refractivity (Wildman–Crippen MR) is 140 cm³/mol. The smallest absolute Gasteiger partial charge is 0.233 e. The van der Waals surface area contributed by atoms with Crippen LogP contribution in [0.1, 0.15) is 26.7 Å². The van der Waals surface area contributed by atoms with E-state index in [1.54, 1.807) is 21.3 Å². The molecule has 2 aliphatic heterocycles. The molecule has 0 radical (unpaired) electrons. The summed E-state index contributed by atoms with van der Waals surface area (Å²) in [5.41, 5.74) is 0.734. The molecule has 198 valence electrons. The van der Waals surface area contributed by atoms with Gasteiger partial charge in [0, 0.05) is 63.1 Å². The lowest BCUT2D eigenvalue weighted by Gasteiger charge is -2.40. The largest absolute Gasteiger partial charge is 0.493 e. The van der Waals surface area contributed by atoms with Crippen LogP contribution in [0.3, 0.4) is 0 Å². The Hall–Kier alpha value is -3.05. The number of rotatable bonds is 10. The number of anilines is 4. The SMILES string of the molecule is CCN(CC)c1nc(Nc2cc(OC)c(OC)c(OC)c2)nc(N2CCC(N3CCOCC3)CC2)n1. The number of benzene rings is 1. The zero-order chi connectivity index (χ0) is 25.5. The van der Waals surface area contributed by atoms with Gasteiger partial charge in [0.15, 0.2) is 11.5 Å². The van der Waals surface area contributed by atoms with Gasteiger partial charge in [0.25, 0.3) is 0 Å². The minimum Gasteiger partial charge on any atom is -0.493 e. The monoisotopic (exact) mass is 501 g/mol. The number of morpholine rings is 1. The minimum absolute atomic E-state index is 0.478. The number of aromatic nitrogens is 3. The number of nitrogens with one attached hydrogen (secondary N) is 1. The number of hydrogen-bond donors (Lipinski definition) is 1. The molecule has 3 heterocycles. The van der Waals surface area contributed by atoms with E-state index in [4.69, 9.17) is 33.9 Å². The van der Waals surface area contributed by atoms with E-state index in [1.165, 1.54) is 0 Å². The fourth-order valence-corrected chi connectivity index (χ4v) is 4.86. The van der Waals surface area contributed by atoms with Gasteiger partial charge in [-0.05, 0) is 26.7 Å². The normalized spacial score (nSPS) is 17.1. The molecule has 36 heavy (non-hydrogen) atoms. The molecule has 2 aromatic rings. The Kier molecular flexibility index (Phi) is 8.87. The number of hydrogen-bond acceptors (Lipinski definition) is 11. The van der Waals surface area contributed by atoms with Crippen molar-refractivity contribution in [2.24, 2.45) is 0 Å². The van der Waals surface area contributed by atoms with E-state index in [0.29, 0.717) is 41.1 Å². The maximum absolute atomic E-state index is 5.53. The standard InChI is InChI=1S/C25H39N7O4/c1-6-30(7-2)24-27-23(26-18-16-20(33-3)22(35-5)21(17-18)34-4)28-25(29-24)32-10-8-19(9-11-32)31-12-14-36-15-13-31/h16-17,19H,6-15H2,1-5H3,(H,26,27,28,29). The highest BCUT2D eigenvalue weighted by Crippen LogP contribution is 2.40. The summed E-state index contributed by atoms with van der Waals surface area (Å²) in [6.07, 6.45) is 2.17. The molecule has 11 nitrogen and oxygen atoms in total. The first kappa shape index (κ1) is 26.0. The zero-order valence-electron chi connectivity index (χ0n) is 22.1. The maximum atomic E-state index is 5.53. The van der Waals surface area contributed by atoms with E-state index in [1.807, 2.05) is 12.1 Å². The van der Waals surface area contributed by atoms with E-state index in [-0.39, 0.29) is 0 Å². The number of ether oxygens (including phenoxy) is 4. The first-order valence-electron chi connectivity index (χ1n) is 12.7. The molecule has 1 aromatic carbocycles. The predicted octanol–water partition coefficient (Wildman–Crippen LogP) is 2.79. The van der Waals surface area contributed by atoms with Gasteiger partial charge >= 0.3 is 0 Å². The van der Waals surface area contributed by atoms with Crippen molar-refractivity contribution in [3.8, 4) is 17.2 Å². The minimum atomic E-state index is 0.478. The molecular weight excluding hydrogens is 462 g/mol. The Morgan fingerprint density at radius 2 is 1.56 bits per heavy atom. The second-order valence-corrected chi connectivity index (χ2v) is 8.84. The van der Waals surface area contributed by atoms with Crippen molar-refractivity contribution in [2.75, 3.05) is 88.9 Å². The van der Waals surface area contributed by atoms with Crippen LogP contribution >= 0.6 is 0 Å². The second-order valence-electron chi connectivity index (χ2n) is 8.84. The molecule has 0 atom stereocenters. The fourth-order valence-electron chi connectivity index (χ4n) is 4.86. The first-order valence-corrected chi connectivity index (χ1v) is 12.7. The Balaban J connectivity index is 1.58. The van der Waals surface area contributed by atoms with Crippen LogP contribution in [-0.2, 0) is 4.74 Å². The van der Waals surface area contributed by atoms with E-state index in [0.717, 1.165) is 71.0 Å². The van der Waals surface area contributed by atoms with Crippen LogP contribution in [-0.4, -0.2) is 99.7 Å². The van der Waals surface area contributed by atoms with E-state index in [2.05, 4.69) is 33.9 Å². The van der Waals surface area contributed by atoms with Gasteiger partial charge in [-0.1, -0.05) is 0 Å². The summed E-state index contributed by atoms with van der Waals surface area (Å²) >= 11 is 0. The van der Waals surface area contributed by atoms with Crippen molar-refractivity contribution in [3.05, 3.63) is 12.1 Å². The van der Waals surface area contributed by atoms with Crippen LogP contribution in [0.25, 0.3) is 0 Å². The second kappa shape index (κ2) is 12.3. The highest BCUT2D eigenvalue weighted by atomic mass is 16.5. The van der Waals surface area contributed by atoms with Gasteiger partial charge in [-0.3, -0.25) is 4.90 Å². The highest BCUT2D eigenvalue weighted by molar-refractivity contribution is 5.66. The van der Waals surface area contributed by atoms with Crippen molar-refractivity contribution >= 4 is 23.5 Å². The topological polar surface area (TPSA) is 97.3 Å². The summed E-state index contributed by atoms with van der Waals surface area (Å²) in [5.74, 6) is 3.49. The van der Waals surface area contributed by atoms with Crippen LogP contribution in [0.5, 0.6) is 17.2 Å². The van der Waals surface area contributed by atoms with Crippen LogP contribution in [0.4, 0.5) is 23.5 Å². The van der Waals surface area contributed by atoms with Crippen molar-refractivity contribution in [2.45, 2.75) is 32.7 Å². The Morgan fingerprint density at radius 3 is 2.11 bits per heavy atom. The zero-order valence-corrected chi connectivity index (χ0v) is 22.1.